The van der Waals surface area contributed by atoms with E-state index in [1.807, 2.05) is 0 Å². The molecule has 0 spiro atoms. The van der Waals surface area contributed by atoms with Crippen LogP contribution in [0.25, 0.3) is 0 Å². The highest BCUT2D eigenvalue weighted by Gasteiger charge is 1.79. The first-order valence-corrected chi connectivity index (χ1v) is 1.93. The zero-order valence-corrected chi connectivity index (χ0v) is 4.13. The maximum absolute atomic E-state index is 9.82. The second kappa shape index (κ2) is 3.86. The largest absolute Gasteiger partial charge is 0.351 e. The normalized spacial score (nSPS) is 9.00. The van der Waals surface area contributed by atoms with E-state index in [-0.39, 0.29) is 0 Å². The number of urea groups is 1. The highest BCUT2D eigenvalue weighted by molar-refractivity contribution is 5.74. The van der Waals surface area contributed by atoms with Gasteiger partial charge in [-0.25, -0.2) is 4.79 Å². The minimum Gasteiger partial charge on any atom is -0.351 e. The molecule has 0 aromatic rings. The lowest BCUT2D eigenvalue weighted by atomic mass is 10.7. The monoisotopic (exact) mass is 114 g/mol. The Morgan fingerprint density at radius 3 is 2.62 bits per heavy atom. The van der Waals surface area contributed by atoms with E-state index in [9.17, 15) is 9.59 Å². The van der Waals surface area contributed by atoms with E-state index in [0.717, 1.165) is 12.3 Å². The van der Waals surface area contributed by atoms with Crippen molar-refractivity contribution in [1.82, 2.24) is 5.32 Å². The molecule has 0 bridgehead atoms. The Labute approximate surface area is 46.4 Å². The molecule has 0 saturated carbocycles. The number of aldehydes is 1. The predicted molar refractivity (Wildman–Crippen MR) is 27.9 cm³/mol. The van der Waals surface area contributed by atoms with Crippen LogP contribution in [-0.2, 0) is 4.79 Å². The zero-order valence-electron chi connectivity index (χ0n) is 4.13. The molecular formula is C4H6N2O2. The Hall–Kier alpha value is -1.32. The lowest BCUT2D eigenvalue weighted by Crippen LogP contribution is -2.23. The standard InChI is InChI=1S/C4H6N2O2/c5-4(8)6-2-1-3-7/h1-3H,(H3,5,6,8). The molecule has 0 aliphatic carbocycles. The molecule has 0 rings (SSSR count). The first-order valence-electron chi connectivity index (χ1n) is 1.93. The van der Waals surface area contributed by atoms with Crippen molar-refractivity contribution in [2.45, 2.75) is 0 Å². The summed E-state index contributed by atoms with van der Waals surface area (Å²) in [5.41, 5.74) is 4.62. The van der Waals surface area contributed by atoms with Gasteiger partial charge < -0.3 is 11.1 Å². The molecule has 0 aliphatic heterocycles. The van der Waals surface area contributed by atoms with Crippen LogP contribution < -0.4 is 11.1 Å². The van der Waals surface area contributed by atoms with Crippen molar-refractivity contribution in [2.24, 2.45) is 5.73 Å². The minimum atomic E-state index is -0.678. The van der Waals surface area contributed by atoms with Gasteiger partial charge in [0.05, 0.1) is 0 Å². The SMILES string of the molecule is NC(=O)NC=CC=O. The fraction of sp³-hybridized carbons (Fsp3) is 0. The van der Waals surface area contributed by atoms with E-state index in [0.29, 0.717) is 6.29 Å². The molecule has 0 aromatic carbocycles. The summed E-state index contributed by atoms with van der Waals surface area (Å²) < 4.78 is 0. The van der Waals surface area contributed by atoms with Crippen LogP contribution in [0.4, 0.5) is 4.79 Å². The van der Waals surface area contributed by atoms with Gasteiger partial charge in [0, 0.05) is 6.20 Å². The van der Waals surface area contributed by atoms with Gasteiger partial charge in [0.15, 0.2) is 0 Å². The Bertz CT molecular complexity index is 119. The fourth-order valence-corrected chi connectivity index (χ4v) is 0.170. The van der Waals surface area contributed by atoms with Gasteiger partial charge in [0.1, 0.15) is 6.29 Å². The van der Waals surface area contributed by atoms with Gasteiger partial charge in [-0.1, -0.05) is 0 Å². The summed E-state index contributed by atoms with van der Waals surface area (Å²) in [5, 5.41) is 2.07. The number of allylic oxidation sites excluding steroid dienone is 1. The number of hydrogen-bond donors (Lipinski definition) is 2. The maximum atomic E-state index is 9.82. The van der Waals surface area contributed by atoms with Gasteiger partial charge in [-0.05, 0) is 6.08 Å². The van der Waals surface area contributed by atoms with Gasteiger partial charge in [0.2, 0.25) is 0 Å². The van der Waals surface area contributed by atoms with Gasteiger partial charge in [-0.15, -0.1) is 0 Å². The van der Waals surface area contributed by atoms with Crippen LogP contribution >= 0.6 is 0 Å². The molecule has 2 amide bonds. The Morgan fingerprint density at radius 1 is 1.62 bits per heavy atom. The Balaban J connectivity index is 3.29. The number of hydrogen-bond acceptors (Lipinski definition) is 2. The van der Waals surface area contributed by atoms with Crippen LogP contribution in [0.15, 0.2) is 12.3 Å². The van der Waals surface area contributed by atoms with Gasteiger partial charge in [0.25, 0.3) is 0 Å². The molecule has 0 radical (unpaired) electrons. The van der Waals surface area contributed by atoms with Crippen LogP contribution in [0.5, 0.6) is 0 Å². The van der Waals surface area contributed by atoms with E-state index < -0.39 is 6.03 Å². The number of carbonyl (C=O) groups excluding carboxylic acids is 2. The van der Waals surface area contributed by atoms with Crippen LogP contribution in [0, 0.1) is 0 Å². The molecule has 0 unspecified atom stereocenters. The van der Waals surface area contributed by atoms with E-state index >= 15 is 0 Å². The number of primary amides is 1. The van der Waals surface area contributed by atoms with Crippen molar-refractivity contribution in [2.75, 3.05) is 0 Å². The molecule has 8 heavy (non-hydrogen) atoms. The van der Waals surface area contributed by atoms with Gasteiger partial charge >= 0.3 is 6.03 Å². The van der Waals surface area contributed by atoms with Crippen LogP contribution in [-0.4, -0.2) is 12.3 Å². The molecule has 3 N–H and O–H groups in total. The quantitative estimate of drug-likeness (QED) is 0.370. The van der Waals surface area contributed by atoms with E-state index in [1.54, 1.807) is 0 Å². The van der Waals surface area contributed by atoms with E-state index in [4.69, 9.17) is 0 Å². The molecule has 0 atom stereocenters. The predicted octanol–water partition coefficient (Wildman–Crippen LogP) is -0.633. The Kier molecular flexibility index (Phi) is 3.22. The van der Waals surface area contributed by atoms with Crippen molar-refractivity contribution in [3.05, 3.63) is 12.3 Å². The summed E-state index contributed by atoms with van der Waals surface area (Å²) in [7, 11) is 0. The lowest BCUT2D eigenvalue weighted by Gasteiger charge is -1.85. The Morgan fingerprint density at radius 2 is 2.25 bits per heavy atom. The summed E-state index contributed by atoms with van der Waals surface area (Å²) in [6.45, 7) is 0. The second-order valence-electron chi connectivity index (χ2n) is 1.00. The third-order valence-electron chi connectivity index (χ3n) is 0.400. The molecule has 0 saturated heterocycles. The van der Waals surface area contributed by atoms with Crippen LogP contribution in [0.1, 0.15) is 0 Å². The van der Waals surface area contributed by atoms with Crippen molar-refractivity contribution >= 4 is 12.3 Å². The summed E-state index contributed by atoms with van der Waals surface area (Å²) in [6, 6.07) is -0.678. The number of nitrogens with two attached hydrogens (primary N) is 1. The molecular weight excluding hydrogens is 108 g/mol. The van der Waals surface area contributed by atoms with Crippen LogP contribution in [0.3, 0.4) is 0 Å². The third-order valence-corrected chi connectivity index (χ3v) is 0.400. The topological polar surface area (TPSA) is 72.2 Å². The average Bonchev–Trinajstić information content (AvgIpc) is 1.66. The molecule has 44 valence electrons. The highest BCUT2D eigenvalue weighted by Crippen LogP contribution is 1.58. The van der Waals surface area contributed by atoms with Crippen LogP contribution in [0.2, 0.25) is 0 Å². The first-order chi connectivity index (χ1) is 3.77. The number of nitrogens with one attached hydrogen (secondary N) is 1. The molecule has 0 heterocycles. The van der Waals surface area contributed by atoms with Gasteiger partial charge in [-0.2, -0.15) is 0 Å². The fourth-order valence-electron chi connectivity index (χ4n) is 0.170. The summed E-state index contributed by atoms with van der Waals surface area (Å²) in [5.74, 6) is 0. The number of amides is 2. The smallest absolute Gasteiger partial charge is 0.316 e. The first kappa shape index (κ1) is 6.68. The van der Waals surface area contributed by atoms with Crippen molar-refractivity contribution in [1.29, 1.82) is 0 Å². The molecule has 4 heteroatoms. The molecule has 4 nitrogen and oxygen atoms in total. The van der Waals surface area contributed by atoms with E-state index in [1.165, 1.54) is 0 Å². The summed E-state index contributed by atoms with van der Waals surface area (Å²) in [6.07, 6.45) is 2.83. The van der Waals surface area contributed by atoms with Gasteiger partial charge in [-0.3, -0.25) is 4.79 Å². The van der Waals surface area contributed by atoms with Crippen molar-refractivity contribution in [3.8, 4) is 0 Å². The maximum Gasteiger partial charge on any atom is 0.316 e. The van der Waals surface area contributed by atoms with Crippen molar-refractivity contribution < 1.29 is 9.59 Å². The average molecular weight is 114 g/mol. The summed E-state index contributed by atoms with van der Waals surface area (Å²) >= 11 is 0. The highest BCUT2D eigenvalue weighted by atomic mass is 16.2. The van der Waals surface area contributed by atoms with E-state index in [2.05, 4.69) is 11.1 Å². The van der Waals surface area contributed by atoms with Crippen molar-refractivity contribution in [3.63, 3.8) is 0 Å². The lowest BCUT2D eigenvalue weighted by molar-refractivity contribution is -0.104. The minimum absolute atomic E-state index is 0.538. The molecule has 0 fully saturated rings. The third kappa shape index (κ3) is 4.68. The molecule has 0 aliphatic rings. The zero-order chi connectivity index (χ0) is 6.41. The molecule has 0 aromatic heterocycles. The number of carbonyl (C=O) groups is 2. The summed E-state index contributed by atoms with van der Waals surface area (Å²) in [4.78, 5) is 19.3. The number of rotatable bonds is 2. The second-order valence-corrected chi connectivity index (χ2v) is 1.00.